The SMILES string of the molecule is CC(=O)c1ccc2c(c1)CN(C[C@@H](O)c1ccc(Cl)cc1)C2. The molecule has 1 N–H and O–H groups in total. The highest BCUT2D eigenvalue weighted by Gasteiger charge is 2.22. The molecule has 0 saturated carbocycles. The molecule has 4 heteroatoms. The van der Waals surface area contributed by atoms with Gasteiger partial charge in [-0.2, -0.15) is 0 Å². The zero-order valence-electron chi connectivity index (χ0n) is 12.4. The lowest BCUT2D eigenvalue weighted by Gasteiger charge is -2.19. The van der Waals surface area contributed by atoms with Crippen LogP contribution in [0, 0.1) is 0 Å². The molecule has 0 amide bonds. The predicted octanol–water partition coefficient (Wildman–Crippen LogP) is 3.59. The van der Waals surface area contributed by atoms with Crippen molar-refractivity contribution in [3.8, 4) is 0 Å². The van der Waals surface area contributed by atoms with Crippen molar-refractivity contribution in [2.75, 3.05) is 6.54 Å². The molecule has 0 aromatic heterocycles. The number of fused-ring (bicyclic) bond motifs is 1. The third-order valence-corrected chi connectivity index (χ3v) is 4.34. The van der Waals surface area contributed by atoms with Crippen LogP contribution in [0.4, 0.5) is 0 Å². The zero-order chi connectivity index (χ0) is 15.7. The number of hydrogen-bond acceptors (Lipinski definition) is 3. The largest absolute Gasteiger partial charge is 0.387 e. The van der Waals surface area contributed by atoms with E-state index in [-0.39, 0.29) is 5.78 Å². The van der Waals surface area contributed by atoms with Crippen LogP contribution in [0.3, 0.4) is 0 Å². The number of hydrogen-bond donors (Lipinski definition) is 1. The van der Waals surface area contributed by atoms with Crippen LogP contribution < -0.4 is 0 Å². The van der Waals surface area contributed by atoms with E-state index in [4.69, 9.17) is 11.6 Å². The maximum absolute atomic E-state index is 11.5. The molecule has 3 nitrogen and oxygen atoms in total. The smallest absolute Gasteiger partial charge is 0.159 e. The quantitative estimate of drug-likeness (QED) is 0.877. The average Bonchev–Trinajstić information content (AvgIpc) is 2.88. The van der Waals surface area contributed by atoms with Crippen LogP contribution in [0.25, 0.3) is 0 Å². The van der Waals surface area contributed by atoms with Gasteiger partial charge in [0.25, 0.3) is 0 Å². The van der Waals surface area contributed by atoms with Gasteiger partial charge >= 0.3 is 0 Å². The first kappa shape index (κ1) is 15.2. The van der Waals surface area contributed by atoms with Gasteiger partial charge in [0.05, 0.1) is 6.10 Å². The van der Waals surface area contributed by atoms with E-state index in [1.165, 1.54) is 11.1 Å². The van der Waals surface area contributed by atoms with Crippen molar-refractivity contribution < 1.29 is 9.90 Å². The number of carbonyl (C=O) groups excluding carboxylic acids is 1. The number of nitrogens with zero attached hydrogens (tertiary/aromatic N) is 1. The Balaban J connectivity index is 1.68. The molecular formula is C18H18ClNO2. The van der Waals surface area contributed by atoms with Crippen molar-refractivity contribution in [2.24, 2.45) is 0 Å². The molecule has 0 radical (unpaired) electrons. The number of rotatable bonds is 4. The van der Waals surface area contributed by atoms with E-state index in [1.807, 2.05) is 30.3 Å². The molecule has 2 aromatic carbocycles. The molecule has 0 saturated heterocycles. The molecule has 1 aliphatic rings. The molecule has 2 aromatic rings. The Labute approximate surface area is 135 Å². The number of carbonyl (C=O) groups is 1. The van der Waals surface area contributed by atoms with Gasteiger partial charge in [0.2, 0.25) is 0 Å². The van der Waals surface area contributed by atoms with E-state index in [0.717, 1.165) is 24.2 Å². The summed E-state index contributed by atoms with van der Waals surface area (Å²) in [5.41, 5.74) is 4.02. The van der Waals surface area contributed by atoms with Crippen LogP contribution in [-0.2, 0) is 13.1 Å². The van der Waals surface area contributed by atoms with Gasteiger partial charge in [-0.05, 0) is 41.8 Å². The van der Waals surface area contributed by atoms with Gasteiger partial charge in [-0.15, -0.1) is 0 Å². The molecule has 0 bridgehead atoms. The van der Waals surface area contributed by atoms with Crippen molar-refractivity contribution in [1.82, 2.24) is 4.90 Å². The average molecular weight is 316 g/mol. The Hall–Kier alpha value is -1.68. The number of halogens is 1. The maximum Gasteiger partial charge on any atom is 0.159 e. The minimum Gasteiger partial charge on any atom is -0.387 e. The highest BCUT2D eigenvalue weighted by Crippen LogP contribution is 2.26. The second-order valence-corrected chi connectivity index (χ2v) is 6.21. The number of Topliss-reactive ketones (excluding diaryl/α,β-unsaturated/α-hetero) is 1. The van der Waals surface area contributed by atoms with Crippen molar-refractivity contribution >= 4 is 17.4 Å². The van der Waals surface area contributed by atoms with Crippen LogP contribution in [0.15, 0.2) is 42.5 Å². The Morgan fingerprint density at radius 2 is 1.86 bits per heavy atom. The summed E-state index contributed by atoms with van der Waals surface area (Å²) in [5, 5.41) is 11.0. The summed E-state index contributed by atoms with van der Waals surface area (Å²) >= 11 is 5.87. The monoisotopic (exact) mass is 315 g/mol. The van der Waals surface area contributed by atoms with Crippen LogP contribution >= 0.6 is 11.6 Å². The lowest BCUT2D eigenvalue weighted by Crippen LogP contribution is -2.23. The lowest BCUT2D eigenvalue weighted by atomic mass is 10.0. The molecule has 1 atom stereocenters. The van der Waals surface area contributed by atoms with Gasteiger partial charge < -0.3 is 5.11 Å². The first-order valence-corrected chi connectivity index (χ1v) is 7.69. The van der Waals surface area contributed by atoms with E-state index in [9.17, 15) is 9.90 Å². The summed E-state index contributed by atoms with van der Waals surface area (Å²) in [6, 6.07) is 13.1. The molecule has 0 aliphatic carbocycles. The minimum absolute atomic E-state index is 0.0856. The molecule has 0 fully saturated rings. The van der Waals surface area contributed by atoms with E-state index in [2.05, 4.69) is 4.90 Å². The summed E-state index contributed by atoms with van der Waals surface area (Å²) in [5.74, 6) is 0.0856. The number of aliphatic hydroxyl groups is 1. The maximum atomic E-state index is 11.5. The highest BCUT2D eigenvalue weighted by atomic mass is 35.5. The molecule has 0 unspecified atom stereocenters. The fourth-order valence-electron chi connectivity index (χ4n) is 2.85. The van der Waals surface area contributed by atoms with Crippen molar-refractivity contribution in [3.05, 3.63) is 69.7 Å². The van der Waals surface area contributed by atoms with Crippen LogP contribution in [-0.4, -0.2) is 22.3 Å². The van der Waals surface area contributed by atoms with E-state index < -0.39 is 6.10 Å². The summed E-state index contributed by atoms with van der Waals surface area (Å²) in [6.07, 6.45) is -0.543. The molecular weight excluding hydrogens is 298 g/mol. The third kappa shape index (κ3) is 3.22. The minimum atomic E-state index is -0.543. The first-order chi connectivity index (χ1) is 10.5. The van der Waals surface area contributed by atoms with Crippen molar-refractivity contribution in [1.29, 1.82) is 0 Å². The van der Waals surface area contributed by atoms with E-state index >= 15 is 0 Å². The molecule has 1 heterocycles. The summed E-state index contributed by atoms with van der Waals surface area (Å²) in [7, 11) is 0. The standard InChI is InChI=1S/C18H18ClNO2/c1-12(21)14-2-3-15-9-20(10-16(15)8-14)11-18(22)13-4-6-17(19)7-5-13/h2-8,18,22H,9-11H2,1H3/t18-/m1/s1. The van der Waals surface area contributed by atoms with Crippen molar-refractivity contribution in [3.63, 3.8) is 0 Å². The molecule has 3 rings (SSSR count). The number of benzene rings is 2. The Kier molecular flexibility index (Phi) is 4.30. The van der Waals surface area contributed by atoms with Gasteiger partial charge in [0.15, 0.2) is 5.78 Å². The summed E-state index contributed by atoms with van der Waals surface area (Å²) < 4.78 is 0. The lowest BCUT2D eigenvalue weighted by molar-refractivity contribution is 0.101. The second-order valence-electron chi connectivity index (χ2n) is 5.78. The van der Waals surface area contributed by atoms with Crippen LogP contribution in [0.1, 0.15) is 40.1 Å². The fraction of sp³-hybridized carbons (Fsp3) is 0.278. The highest BCUT2D eigenvalue weighted by molar-refractivity contribution is 6.30. The summed E-state index contributed by atoms with van der Waals surface area (Å²) in [4.78, 5) is 13.6. The van der Waals surface area contributed by atoms with Crippen LogP contribution in [0.5, 0.6) is 0 Å². The predicted molar refractivity (Wildman–Crippen MR) is 87.0 cm³/mol. The van der Waals surface area contributed by atoms with Gasteiger partial charge in [0, 0.05) is 30.2 Å². The van der Waals surface area contributed by atoms with E-state index in [1.54, 1.807) is 19.1 Å². The summed E-state index contributed by atoms with van der Waals surface area (Å²) in [6.45, 7) is 3.71. The number of aliphatic hydroxyl groups excluding tert-OH is 1. The first-order valence-electron chi connectivity index (χ1n) is 7.31. The normalized spacial score (nSPS) is 15.6. The Bertz CT molecular complexity index is 697. The molecule has 114 valence electrons. The van der Waals surface area contributed by atoms with Crippen LogP contribution in [0.2, 0.25) is 5.02 Å². The number of ketones is 1. The molecule has 22 heavy (non-hydrogen) atoms. The Morgan fingerprint density at radius 1 is 1.18 bits per heavy atom. The zero-order valence-corrected chi connectivity index (χ0v) is 13.2. The topological polar surface area (TPSA) is 40.5 Å². The van der Waals surface area contributed by atoms with Gasteiger partial charge in [-0.3, -0.25) is 9.69 Å². The van der Waals surface area contributed by atoms with Gasteiger partial charge in [-0.1, -0.05) is 35.9 Å². The van der Waals surface area contributed by atoms with Crippen molar-refractivity contribution in [2.45, 2.75) is 26.1 Å². The van der Waals surface area contributed by atoms with E-state index in [0.29, 0.717) is 11.6 Å². The second kappa shape index (κ2) is 6.21. The fourth-order valence-corrected chi connectivity index (χ4v) is 2.97. The number of β-amino-alcohol motifs (C(OH)–C–C–N with tert-alkyl or cyclic N) is 1. The molecule has 0 spiro atoms. The van der Waals surface area contributed by atoms with Gasteiger partial charge in [-0.25, -0.2) is 0 Å². The molecule has 1 aliphatic heterocycles. The third-order valence-electron chi connectivity index (χ3n) is 4.09. The Morgan fingerprint density at radius 3 is 2.55 bits per heavy atom. The van der Waals surface area contributed by atoms with Gasteiger partial charge in [0.1, 0.15) is 0 Å².